The highest BCUT2D eigenvalue weighted by Crippen LogP contribution is 2.46. The third-order valence-corrected chi connectivity index (χ3v) is 4.28. The Morgan fingerprint density at radius 2 is 2.24 bits per heavy atom. The summed E-state index contributed by atoms with van der Waals surface area (Å²) in [6.45, 7) is 6.87. The number of carbonyl (C=O) groups is 1. The Labute approximate surface area is 103 Å². The van der Waals surface area contributed by atoms with E-state index in [2.05, 4.69) is 13.8 Å². The molecule has 1 saturated heterocycles. The van der Waals surface area contributed by atoms with Crippen LogP contribution in [0.5, 0.6) is 0 Å². The molecule has 0 radical (unpaired) electrons. The molecular formula is C13H24N2O2. The van der Waals surface area contributed by atoms with Gasteiger partial charge in [0.2, 0.25) is 5.91 Å². The van der Waals surface area contributed by atoms with Gasteiger partial charge in [0, 0.05) is 13.1 Å². The van der Waals surface area contributed by atoms with E-state index in [1.807, 2.05) is 4.90 Å². The van der Waals surface area contributed by atoms with Gasteiger partial charge in [-0.15, -0.1) is 0 Å². The molecule has 98 valence electrons. The molecule has 0 aromatic rings. The minimum atomic E-state index is -0.260. The van der Waals surface area contributed by atoms with Crippen LogP contribution >= 0.6 is 0 Å². The molecule has 2 rings (SSSR count). The van der Waals surface area contributed by atoms with E-state index in [1.54, 1.807) is 0 Å². The van der Waals surface area contributed by atoms with Gasteiger partial charge in [-0.1, -0.05) is 13.8 Å². The summed E-state index contributed by atoms with van der Waals surface area (Å²) in [7, 11) is 0. The van der Waals surface area contributed by atoms with E-state index in [0.717, 1.165) is 25.8 Å². The lowest BCUT2D eigenvalue weighted by Crippen LogP contribution is -2.59. The third-order valence-electron chi connectivity index (χ3n) is 4.28. The zero-order valence-corrected chi connectivity index (χ0v) is 10.9. The summed E-state index contributed by atoms with van der Waals surface area (Å²) in [4.78, 5) is 14.7. The van der Waals surface area contributed by atoms with Crippen LogP contribution in [0, 0.1) is 11.3 Å². The van der Waals surface area contributed by atoms with Crippen molar-refractivity contribution in [2.75, 3.05) is 26.3 Å². The Hall–Kier alpha value is -0.610. The van der Waals surface area contributed by atoms with E-state index in [4.69, 9.17) is 10.5 Å². The fourth-order valence-corrected chi connectivity index (χ4v) is 3.27. The zero-order valence-electron chi connectivity index (χ0n) is 10.9. The molecule has 0 bridgehead atoms. The molecule has 0 spiro atoms. The van der Waals surface area contributed by atoms with Crippen molar-refractivity contribution in [3.63, 3.8) is 0 Å². The molecule has 17 heavy (non-hydrogen) atoms. The van der Waals surface area contributed by atoms with Crippen LogP contribution < -0.4 is 5.73 Å². The first-order chi connectivity index (χ1) is 8.13. The average molecular weight is 240 g/mol. The SMILES string of the molecule is CCC1COCCN1C(=O)C1(CN)CC(C)C1. The largest absolute Gasteiger partial charge is 0.377 e. The van der Waals surface area contributed by atoms with Crippen LogP contribution in [-0.2, 0) is 9.53 Å². The van der Waals surface area contributed by atoms with Crippen LogP contribution in [0.3, 0.4) is 0 Å². The van der Waals surface area contributed by atoms with Crippen LogP contribution in [0.25, 0.3) is 0 Å². The number of hydrogen-bond acceptors (Lipinski definition) is 3. The quantitative estimate of drug-likeness (QED) is 0.800. The first-order valence-corrected chi connectivity index (χ1v) is 6.72. The van der Waals surface area contributed by atoms with Crippen molar-refractivity contribution in [1.29, 1.82) is 0 Å². The highest BCUT2D eigenvalue weighted by molar-refractivity contribution is 5.84. The monoisotopic (exact) mass is 240 g/mol. The van der Waals surface area contributed by atoms with E-state index in [-0.39, 0.29) is 17.4 Å². The predicted molar refractivity (Wildman–Crippen MR) is 66.5 cm³/mol. The lowest BCUT2D eigenvalue weighted by atomic mass is 9.61. The molecule has 2 fully saturated rings. The molecule has 0 aromatic heterocycles. The molecule has 4 nitrogen and oxygen atoms in total. The van der Waals surface area contributed by atoms with Crippen molar-refractivity contribution in [1.82, 2.24) is 4.90 Å². The van der Waals surface area contributed by atoms with E-state index in [9.17, 15) is 4.79 Å². The van der Waals surface area contributed by atoms with Gasteiger partial charge in [0.25, 0.3) is 0 Å². The average Bonchev–Trinajstić information content (AvgIpc) is 2.33. The minimum absolute atomic E-state index is 0.246. The molecule has 1 saturated carbocycles. The standard InChI is InChI=1S/C13H24N2O2/c1-3-11-8-17-5-4-15(11)12(16)13(9-14)6-10(2)7-13/h10-11H,3-9,14H2,1-2H3. The summed E-state index contributed by atoms with van der Waals surface area (Å²) in [5, 5.41) is 0. The maximum Gasteiger partial charge on any atom is 0.230 e. The maximum atomic E-state index is 12.6. The Balaban J connectivity index is 2.07. The molecule has 1 heterocycles. The van der Waals surface area contributed by atoms with Crippen molar-refractivity contribution in [2.24, 2.45) is 17.1 Å². The fraction of sp³-hybridized carbons (Fsp3) is 0.923. The Bertz CT molecular complexity index is 287. The molecule has 1 aliphatic carbocycles. The van der Waals surface area contributed by atoms with Gasteiger partial charge in [0.05, 0.1) is 24.7 Å². The number of hydrogen-bond donors (Lipinski definition) is 1. The Morgan fingerprint density at radius 1 is 1.53 bits per heavy atom. The second kappa shape index (κ2) is 4.94. The van der Waals surface area contributed by atoms with Crippen LogP contribution in [0.1, 0.15) is 33.1 Å². The van der Waals surface area contributed by atoms with Crippen LogP contribution in [-0.4, -0.2) is 43.2 Å². The highest BCUT2D eigenvalue weighted by atomic mass is 16.5. The summed E-state index contributed by atoms with van der Waals surface area (Å²) in [6.07, 6.45) is 2.87. The summed E-state index contributed by atoms with van der Waals surface area (Å²) < 4.78 is 5.45. The van der Waals surface area contributed by atoms with Crippen molar-refractivity contribution >= 4 is 5.91 Å². The second-order valence-corrected chi connectivity index (χ2v) is 5.63. The molecular weight excluding hydrogens is 216 g/mol. The number of amides is 1. The molecule has 1 aliphatic heterocycles. The minimum Gasteiger partial charge on any atom is -0.377 e. The number of rotatable bonds is 3. The first kappa shape index (κ1) is 12.8. The van der Waals surface area contributed by atoms with Gasteiger partial charge >= 0.3 is 0 Å². The van der Waals surface area contributed by atoms with Gasteiger partial charge in [0.15, 0.2) is 0 Å². The molecule has 2 N–H and O–H groups in total. The molecule has 2 aliphatic rings. The fourth-order valence-electron chi connectivity index (χ4n) is 3.27. The van der Waals surface area contributed by atoms with E-state index in [0.29, 0.717) is 25.7 Å². The predicted octanol–water partition coefficient (Wildman–Crippen LogP) is 0.999. The summed E-state index contributed by atoms with van der Waals surface area (Å²) in [5.41, 5.74) is 5.59. The zero-order chi connectivity index (χ0) is 12.5. The lowest BCUT2D eigenvalue weighted by Gasteiger charge is -2.49. The molecule has 4 heteroatoms. The van der Waals surface area contributed by atoms with Crippen LogP contribution in [0.15, 0.2) is 0 Å². The number of morpholine rings is 1. The van der Waals surface area contributed by atoms with Gasteiger partial charge in [-0.2, -0.15) is 0 Å². The van der Waals surface area contributed by atoms with Gasteiger partial charge in [-0.25, -0.2) is 0 Å². The van der Waals surface area contributed by atoms with Gasteiger partial charge in [-0.3, -0.25) is 4.79 Å². The topological polar surface area (TPSA) is 55.6 Å². The maximum absolute atomic E-state index is 12.6. The summed E-state index contributed by atoms with van der Waals surface area (Å²) in [5.74, 6) is 0.914. The number of nitrogens with zero attached hydrogens (tertiary/aromatic N) is 1. The highest BCUT2D eigenvalue weighted by Gasteiger charge is 2.50. The van der Waals surface area contributed by atoms with Crippen LogP contribution in [0.4, 0.5) is 0 Å². The number of nitrogens with two attached hydrogens (primary N) is 1. The van der Waals surface area contributed by atoms with Crippen molar-refractivity contribution in [2.45, 2.75) is 39.2 Å². The van der Waals surface area contributed by atoms with E-state index >= 15 is 0 Å². The Kier molecular flexibility index (Phi) is 3.73. The molecule has 0 aromatic carbocycles. The molecule has 1 unspecified atom stereocenters. The van der Waals surface area contributed by atoms with E-state index < -0.39 is 0 Å². The van der Waals surface area contributed by atoms with E-state index in [1.165, 1.54) is 0 Å². The summed E-state index contributed by atoms with van der Waals surface area (Å²) in [6, 6.07) is 0.246. The Morgan fingerprint density at radius 3 is 2.76 bits per heavy atom. The molecule has 1 amide bonds. The van der Waals surface area contributed by atoms with Gasteiger partial charge in [-0.05, 0) is 25.2 Å². The van der Waals surface area contributed by atoms with Crippen molar-refractivity contribution in [3.05, 3.63) is 0 Å². The van der Waals surface area contributed by atoms with Crippen molar-refractivity contribution < 1.29 is 9.53 Å². The second-order valence-electron chi connectivity index (χ2n) is 5.63. The third kappa shape index (κ3) is 2.20. The van der Waals surface area contributed by atoms with Gasteiger partial charge in [0.1, 0.15) is 0 Å². The normalized spacial score (nSPS) is 37.7. The summed E-state index contributed by atoms with van der Waals surface area (Å²) >= 11 is 0. The number of ether oxygens (including phenoxy) is 1. The number of carbonyl (C=O) groups excluding carboxylic acids is 1. The van der Waals surface area contributed by atoms with Crippen LogP contribution in [0.2, 0.25) is 0 Å². The first-order valence-electron chi connectivity index (χ1n) is 6.72. The smallest absolute Gasteiger partial charge is 0.230 e. The van der Waals surface area contributed by atoms with Gasteiger partial charge < -0.3 is 15.4 Å². The van der Waals surface area contributed by atoms with Crippen molar-refractivity contribution in [3.8, 4) is 0 Å². The lowest BCUT2D eigenvalue weighted by molar-refractivity contribution is -0.158. The molecule has 1 atom stereocenters.